The molecule has 0 amide bonds. The molecule has 0 saturated carbocycles. The van der Waals surface area contributed by atoms with Crippen LogP contribution < -0.4 is 9.64 Å². The van der Waals surface area contributed by atoms with Gasteiger partial charge in [-0.2, -0.15) is 4.31 Å². The van der Waals surface area contributed by atoms with Gasteiger partial charge >= 0.3 is 0 Å². The predicted octanol–water partition coefficient (Wildman–Crippen LogP) is 4.88. The summed E-state index contributed by atoms with van der Waals surface area (Å²) in [6.07, 6.45) is 0. The van der Waals surface area contributed by atoms with Gasteiger partial charge in [0.05, 0.1) is 17.8 Å². The van der Waals surface area contributed by atoms with Crippen LogP contribution in [0.15, 0.2) is 51.1 Å². The number of halogens is 3. The summed E-state index contributed by atoms with van der Waals surface area (Å²) in [5, 5.41) is 2.69. The number of sulfonamides is 1. The van der Waals surface area contributed by atoms with Crippen molar-refractivity contribution in [1.82, 2.24) is 9.29 Å². The van der Waals surface area contributed by atoms with Crippen molar-refractivity contribution in [3.05, 3.63) is 57.1 Å². The van der Waals surface area contributed by atoms with E-state index in [-0.39, 0.29) is 9.92 Å². The number of thiazole rings is 1. The Balaban J connectivity index is 1.49. The Kier molecular flexibility index (Phi) is 6.55. The summed E-state index contributed by atoms with van der Waals surface area (Å²) in [6.45, 7) is 1.64. The van der Waals surface area contributed by atoms with Crippen LogP contribution in [0.5, 0.6) is 5.75 Å². The number of hydrogen-bond acceptors (Lipinski definition) is 6. The molecule has 0 spiro atoms. The van der Waals surface area contributed by atoms with Gasteiger partial charge in [0, 0.05) is 41.6 Å². The maximum Gasteiger partial charge on any atom is 0.246 e. The lowest BCUT2D eigenvalue weighted by molar-refractivity contribution is 0.374. The molecule has 11 heteroatoms. The zero-order chi connectivity index (χ0) is 22.2. The fraction of sp³-hybridized carbons (Fsp3) is 0.250. The van der Waals surface area contributed by atoms with Gasteiger partial charge in [-0.05, 0) is 30.3 Å². The van der Waals surface area contributed by atoms with Gasteiger partial charge in [-0.1, -0.05) is 33.6 Å². The SMILES string of the molecule is COc1ccc(Br)cc1S(=O)(=O)N1CCN(c2nc(-c3ccc(Cl)c(F)c3)cs2)CC1. The van der Waals surface area contributed by atoms with Crippen LogP contribution in [0.25, 0.3) is 11.3 Å². The molecular formula is C20H18BrClFN3O3S2. The van der Waals surface area contributed by atoms with E-state index in [0.29, 0.717) is 47.7 Å². The summed E-state index contributed by atoms with van der Waals surface area (Å²) in [5.74, 6) is -0.180. The first kappa shape index (κ1) is 22.5. The average Bonchev–Trinajstić information content (AvgIpc) is 3.26. The molecule has 0 radical (unpaired) electrons. The Hall–Kier alpha value is -1.72. The number of nitrogens with zero attached hydrogens (tertiary/aromatic N) is 3. The van der Waals surface area contributed by atoms with Gasteiger partial charge in [-0.3, -0.25) is 0 Å². The molecule has 1 aliphatic rings. The van der Waals surface area contributed by atoms with E-state index in [1.54, 1.807) is 24.3 Å². The second-order valence-electron chi connectivity index (χ2n) is 6.83. The topological polar surface area (TPSA) is 62.7 Å². The zero-order valence-electron chi connectivity index (χ0n) is 16.4. The van der Waals surface area contributed by atoms with Crippen molar-refractivity contribution in [2.45, 2.75) is 4.90 Å². The highest BCUT2D eigenvalue weighted by atomic mass is 79.9. The van der Waals surface area contributed by atoms with Crippen LogP contribution in [0.2, 0.25) is 5.02 Å². The van der Waals surface area contributed by atoms with Crippen molar-refractivity contribution in [3.8, 4) is 17.0 Å². The number of piperazine rings is 1. The number of rotatable bonds is 5. The number of hydrogen-bond donors (Lipinski definition) is 0. The van der Waals surface area contributed by atoms with Gasteiger partial charge in [-0.15, -0.1) is 11.3 Å². The van der Waals surface area contributed by atoms with Crippen LogP contribution in [0.1, 0.15) is 0 Å². The molecule has 2 aromatic carbocycles. The molecule has 3 aromatic rings. The monoisotopic (exact) mass is 545 g/mol. The summed E-state index contributed by atoms with van der Waals surface area (Å²) >= 11 is 10.5. The molecule has 1 aromatic heterocycles. The third kappa shape index (κ3) is 4.58. The number of ether oxygens (including phenoxy) is 1. The van der Waals surface area contributed by atoms with Crippen molar-refractivity contribution in [2.24, 2.45) is 0 Å². The molecule has 0 bridgehead atoms. The van der Waals surface area contributed by atoms with Crippen molar-refractivity contribution >= 4 is 54.0 Å². The minimum absolute atomic E-state index is 0.0682. The second kappa shape index (κ2) is 9.03. The quantitative estimate of drug-likeness (QED) is 0.456. The molecule has 31 heavy (non-hydrogen) atoms. The number of aromatic nitrogens is 1. The molecule has 0 N–H and O–H groups in total. The normalized spacial score (nSPS) is 15.3. The summed E-state index contributed by atoms with van der Waals surface area (Å²) in [6, 6.07) is 9.51. The molecule has 0 aliphatic carbocycles. The predicted molar refractivity (Wildman–Crippen MR) is 124 cm³/mol. The number of methoxy groups -OCH3 is 1. The smallest absolute Gasteiger partial charge is 0.246 e. The van der Waals surface area contributed by atoms with Gasteiger partial charge in [0.2, 0.25) is 10.0 Å². The fourth-order valence-electron chi connectivity index (χ4n) is 3.31. The Morgan fingerprint density at radius 2 is 1.90 bits per heavy atom. The van der Waals surface area contributed by atoms with Gasteiger partial charge in [-0.25, -0.2) is 17.8 Å². The van der Waals surface area contributed by atoms with E-state index in [1.165, 1.54) is 34.9 Å². The highest BCUT2D eigenvalue weighted by Gasteiger charge is 2.31. The Labute approximate surface area is 197 Å². The van der Waals surface area contributed by atoms with E-state index in [9.17, 15) is 12.8 Å². The van der Waals surface area contributed by atoms with E-state index in [1.807, 2.05) is 10.3 Å². The minimum Gasteiger partial charge on any atom is -0.495 e. The number of benzene rings is 2. The number of anilines is 1. The second-order valence-corrected chi connectivity index (χ2v) is 10.9. The average molecular weight is 547 g/mol. The molecular weight excluding hydrogens is 529 g/mol. The first-order valence-electron chi connectivity index (χ1n) is 9.29. The Morgan fingerprint density at radius 1 is 1.16 bits per heavy atom. The van der Waals surface area contributed by atoms with Gasteiger partial charge in [0.15, 0.2) is 5.13 Å². The molecule has 1 aliphatic heterocycles. The third-order valence-corrected chi connectivity index (χ3v) is 8.58. The standard InChI is InChI=1S/C20H18BrClFN3O3S2/c1-29-18-5-3-14(21)11-19(18)31(27,28)26-8-6-25(7-9-26)20-24-17(12-30-20)13-2-4-15(22)16(23)10-13/h2-5,10-12H,6-9H2,1H3. The lowest BCUT2D eigenvalue weighted by Crippen LogP contribution is -2.48. The van der Waals surface area contributed by atoms with E-state index in [4.69, 9.17) is 16.3 Å². The molecule has 6 nitrogen and oxygen atoms in total. The first-order valence-corrected chi connectivity index (χ1v) is 12.8. The van der Waals surface area contributed by atoms with Crippen molar-refractivity contribution < 1.29 is 17.5 Å². The molecule has 1 fully saturated rings. The van der Waals surface area contributed by atoms with Gasteiger partial charge < -0.3 is 9.64 Å². The van der Waals surface area contributed by atoms with Crippen molar-refractivity contribution in [1.29, 1.82) is 0 Å². The summed E-state index contributed by atoms with van der Waals surface area (Å²) in [5.41, 5.74) is 1.30. The third-order valence-electron chi connectivity index (χ3n) is 4.96. The van der Waals surface area contributed by atoms with E-state index >= 15 is 0 Å². The fourth-order valence-corrected chi connectivity index (χ4v) is 6.43. The molecule has 2 heterocycles. The maximum absolute atomic E-state index is 13.8. The molecule has 164 valence electrons. The highest BCUT2D eigenvalue weighted by Crippen LogP contribution is 2.32. The van der Waals surface area contributed by atoms with Crippen molar-refractivity contribution in [2.75, 3.05) is 38.2 Å². The summed E-state index contributed by atoms with van der Waals surface area (Å²) in [7, 11) is -2.25. The minimum atomic E-state index is -3.70. The Morgan fingerprint density at radius 3 is 2.58 bits per heavy atom. The van der Waals surface area contributed by atoms with Crippen LogP contribution in [0.3, 0.4) is 0 Å². The van der Waals surface area contributed by atoms with E-state index in [2.05, 4.69) is 20.9 Å². The highest BCUT2D eigenvalue weighted by molar-refractivity contribution is 9.10. The summed E-state index contributed by atoms with van der Waals surface area (Å²) in [4.78, 5) is 6.77. The summed E-state index contributed by atoms with van der Waals surface area (Å²) < 4.78 is 47.4. The van der Waals surface area contributed by atoms with Crippen LogP contribution in [0, 0.1) is 5.82 Å². The van der Waals surface area contributed by atoms with E-state index < -0.39 is 15.8 Å². The van der Waals surface area contributed by atoms with E-state index in [0.717, 1.165) is 5.13 Å². The molecule has 1 saturated heterocycles. The maximum atomic E-state index is 13.8. The molecule has 0 atom stereocenters. The molecule has 4 rings (SSSR count). The first-order chi connectivity index (χ1) is 14.8. The molecule has 0 unspecified atom stereocenters. The van der Waals surface area contributed by atoms with Gasteiger partial charge in [0.1, 0.15) is 16.5 Å². The van der Waals surface area contributed by atoms with Crippen LogP contribution in [0.4, 0.5) is 9.52 Å². The van der Waals surface area contributed by atoms with Crippen LogP contribution in [-0.4, -0.2) is 51.0 Å². The largest absolute Gasteiger partial charge is 0.495 e. The Bertz CT molecular complexity index is 1210. The lowest BCUT2D eigenvalue weighted by atomic mass is 10.2. The van der Waals surface area contributed by atoms with Crippen molar-refractivity contribution in [3.63, 3.8) is 0 Å². The van der Waals surface area contributed by atoms with Crippen LogP contribution in [-0.2, 0) is 10.0 Å². The lowest BCUT2D eigenvalue weighted by Gasteiger charge is -2.34. The van der Waals surface area contributed by atoms with Gasteiger partial charge in [0.25, 0.3) is 0 Å². The van der Waals surface area contributed by atoms with Crippen LogP contribution >= 0.6 is 38.9 Å². The zero-order valence-corrected chi connectivity index (χ0v) is 20.4.